The molecule has 1 N–H and O–H groups in total. The molecule has 1 rings (SSSR count). The van der Waals surface area contributed by atoms with Gasteiger partial charge in [0.05, 0.1) is 15.5 Å². The largest absolute Gasteiger partial charge is 0.294 e. The molecule has 0 saturated carbocycles. The summed E-state index contributed by atoms with van der Waals surface area (Å²) in [4.78, 5) is 9.78. The third-order valence-corrected chi connectivity index (χ3v) is 1.83. The lowest BCUT2D eigenvalue weighted by atomic mass is 10.1. The number of hydrogen-bond acceptors (Lipinski definition) is 4. The van der Waals surface area contributed by atoms with Crippen LogP contribution in [0.1, 0.15) is 11.1 Å². The number of benzene rings is 1. The zero-order valence-electron chi connectivity index (χ0n) is 6.89. The molecule has 0 aromatic heterocycles. The second-order valence-corrected chi connectivity index (χ2v) is 2.89. The van der Waals surface area contributed by atoms with Crippen LogP contribution in [0.5, 0.6) is 0 Å². The van der Waals surface area contributed by atoms with Crippen molar-refractivity contribution in [3.63, 3.8) is 0 Å². The van der Waals surface area contributed by atoms with Crippen molar-refractivity contribution in [2.24, 2.45) is 0 Å². The molecule has 0 heterocycles. The van der Waals surface area contributed by atoms with Crippen molar-refractivity contribution in [2.45, 2.75) is 0 Å². The first kappa shape index (κ1) is 10.2. The Bertz CT molecular complexity index is 450. The number of nitrogens with one attached hydrogen (secondary N) is 1. The van der Waals surface area contributed by atoms with Crippen LogP contribution in [0.25, 0.3) is 0 Å². The molecular weight excluding hydrogens is 202 g/mol. The number of nitro benzene ring substituents is 1. The van der Waals surface area contributed by atoms with Gasteiger partial charge in [-0.05, 0) is 6.07 Å². The number of nitrogens with zero attached hydrogens (tertiary/aromatic N) is 2. The summed E-state index contributed by atoms with van der Waals surface area (Å²) in [6.45, 7) is 0. The molecule has 14 heavy (non-hydrogen) atoms. The van der Waals surface area contributed by atoms with Gasteiger partial charge in [-0.25, -0.2) is 0 Å². The lowest BCUT2D eigenvalue weighted by molar-refractivity contribution is -0.384. The molecule has 0 aliphatic heterocycles. The summed E-state index contributed by atoms with van der Waals surface area (Å²) in [5.74, 6) is 0. The van der Waals surface area contributed by atoms with E-state index in [9.17, 15) is 10.1 Å². The van der Waals surface area contributed by atoms with Crippen molar-refractivity contribution in [3.8, 4) is 6.07 Å². The van der Waals surface area contributed by atoms with E-state index in [4.69, 9.17) is 10.7 Å². The molecule has 0 aliphatic carbocycles. The number of nitro groups is 1. The summed E-state index contributed by atoms with van der Waals surface area (Å²) in [5, 5.41) is 26.2. The Labute approximate surface area is 85.0 Å². The Morgan fingerprint density at radius 2 is 2.29 bits per heavy atom. The van der Waals surface area contributed by atoms with E-state index in [0.29, 0.717) is 5.56 Å². The molecule has 0 saturated heterocycles. The molecule has 0 atom stereocenters. The minimum atomic E-state index is -0.591. The Morgan fingerprint density at radius 3 is 2.71 bits per heavy atom. The molecule has 0 amide bonds. The fourth-order valence-corrected chi connectivity index (χ4v) is 1.14. The van der Waals surface area contributed by atoms with E-state index in [1.807, 2.05) is 0 Å². The van der Waals surface area contributed by atoms with Crippen molar-refractivity contribution < 1.29 is 4.92 Å². The van der Waals surface area contributed by atoms with E-state index in [1.165, 1.54) is 12.1 Å². The Morgan fingerprint density at radius 1 is 1.64 bits per heavy atom. The average molecular weight is 207 g/mol. The maximum absolute atomic E-state index is 10.4. The summed E-state index contributed by atoms with van der Waals surface area (Å²) >= 11 is 3.76. The summed E-state index contributed by atoms with van der Waals surface area (Å²) in [7, 11) is 0. The highest BCUT2D eigenvalue weighted by molar-refractivity contribution is 7.97. The maximum Gasteiger partial charge on any atom is 0.270 e. The highest BCUT2D eigenvalue weighted by Crippen LogP contribution is 2.18. The number of hydrogen-bond donors (Lipinski definition) is 2. The molecule has 0 spiro atoms. The minimum Gasteiger partial charge on any atom is -0.294 e. The Kier molecular flexibility index (Phi) is 2.84. The lowest BCUT2D eigenvalue weighted by Gasteiger charge is -1.99. The minimum absolute atomic E-state index is 0.0826. The topological polar surface area (TPSA) is 90.8 Å². The van der Waals surface area contributed by atoms with Crippen LogP contribution < -0.4 is 0 Å². The van der Waals surface area contributed by atoms with E-state index >= 15 is 0 Å². The van der Waals surface area contributed by atoms with Gasteiger partial charge >= 0.3 is 0 Å². The molecule has 0 unspecified atom stereocenters. The third kappa shape index (κ3) is 1.89. The Balaban J connectivity index is 3.34. The van der Waals surface area contributed by atoms with Crippen LogP contribution in [0.3, 0.4) is 0 Å². The van der Waals surface area contributed by atoms with Crippen LogP contribution in [0, 0.1) is 26.9 Å². The van der Waals surface area contributed by atoms with E-state index in [1.54, 1.807) is 6.07 Å². The zero-order chi connectivity index (χ0) is 10.7. The first-order chi connectivity index (χ1) is 6.56. The number of nitriles is 1. The van der Waals surface area contributed by atoms with Crippen molar-refractivity contribution in [1.82, 2.24) is 0 Å². The lowest BCUT2D eigenvalue weighted by Crippen LogP contribution is -1.96. The highest BCUT2D eigenvalue weighted by Gasteiger charge is 2.11. The van der Waals surface area contributed by atoms with Gasteiger partial charge in [0.25, 0.3) is 5.69 Å². The normalized spacial score (nSPS) is 9.14. The molecule has 70 valence electrons. The first-order valence-corrected chi connectivity index (χ1v) is 3.97. The molecule has 0 fully saturated rings. The molecule has 1 aromatic rings. The fraction of sp³-hybridized carbons (Fsp3) is 0. The van der Waals surface area contributed by atoms with Crippen molar-refractivity contribution in [2.75, 3.05) is 0 Å². The number of non-ortho nitro benzene ring substituents is 1. The summed E-state index contributed by atoms with van der Waals surface area (Å²) < 4.78 is 0. The van der Waals surface area contributed by atoms with Gasteiger partial charge in [0.2, 0.25) is 0 Å². The molecule has 0 bridgehead atoms. The van der Waals surface area contributed by atoms with E-state index in [0.717, 1.165) is 6.07 Å². The van der Waals surface area contributed by atoms with E-state index < -0.39 is 4.92 Å². The molecule has 5 nitrogen and oxygen atoms in total. The van der Waals surface area contributed by atoms with Crippen LogP contribution in [0.2, 0.25) is 0 Å². The van der Waals surface area contributed by atoms with Gasteiger partial charge < -0.3 is 0 Å². The van der Waals surface area contributed by atoms with Gasteiger partial charge in [-0.15, -0.1) is 12.6 Å². The quantitative estimate of drug-likeness (QED) is 0.254. The van der Waals surface area contributed by atoms with Crippen LogP contribution in [-0.4, -0.2) is 9.97 Å². The van der Waals surface area contributed by atoms with Crippen LogP contribution >= 0.6 is 12.6 Å². The summed E-state index contributed by atoms with van der Waals surface area (Å²) in [5.41, 5.74) is 0.209. The van der Waals surface area contributed by atoms with Gasteiger partial charge in [0.15, 0.2) is 0 Å². The van der Waals surface area contributed by atoms with Gasteiger partial charge in [-0.3, -0.25) is 15.5 Å². The van der Waals surface area contributed by atoms with Crippen LogP contribution in [0.15, 0.2) is 18.2 Å². The standard InChI is InChI=1S/C8H5N3O2S/c9-4-5-3-6(11(12)13)1-2-7(5)8(10)14/h1-3H,(H2,10,14). The SMILES string of the molecule is N#Cc1cc([N+](=O)[O-])ccc1C(=N)S. The van der Waals surface area contributed by atoms with E-state index in [2.05, 4.69) is 12.6 Å². The average Bonchev–Trinajstić information content (AvgIpc) is 2.16. The van der Waals surface area contributed by atoms with Gasteiger partial charge in [0.1, 0.15) is 6.07 Å². The molecule has 1 aromatic carbocycles. The summed E-state index contributed by atoms with van der Waals surface area (Å²) in [6, 6.07) is 5.48. The second-order valence-electron chi connectivity index (χ2n) is 2.45. The fourth-order valence-electron chi connectivity index (χ4n) is 0.945. The van der Waals surface area contributed by atoms with Gasteiger partial charge in [0, 0.05) is 17.7 Å². The Hall–Kier alpha value is -1.87. The monoisotopic (exact) mass is 207 g/mol. The molecule has 0 radical (unpaired) electrons. The smallest absolute Gasteiger partial charge is 0.270 e. The predicted octanol–water partition coefficient (Wildman–Crippen LogP) is 1.72. The summed E-state index contributed by atoms with van der Waals surface area (Å²) in [6.07, 6.45) is 0. The first-order valence-electron chi connectivity index (χ1n) is 3.52. The maximum atomic E-state index is 10.4. The third-order valence-electron chi connectivity index (χ3n) is 1.59. The van der Waals surface area contributed by atoms with Gasteiger partial charge in [-0.1, -0.05) is 0 Å². The zero-order valence-corrected chi connectivity index (χ0v) is 7.78. The van der Waals surface area contributed by atoms with Crippen molar-refractivity contribution >= 4 is 23.4 Å². The van der Waals surface area contributed by atoms with Gasteiger partial charge in [-0.2, -0.15) is 5.26 Å². The van der Waals surface area contributed by atoms with Crippen molar-refractivity contribution in [3.05, 3.63) is 39.4 Å². The van der Waals surface area contributed by atoms with Crippen LogP contribution in [-0.2, 0) is 0 Å². The molecule has 6 heteroatoms. The molecular formula is C8H5N3O2S. The second kappa shape index (κ2) is 3.89. The molecule has 0 aliphatic rings. The van der Waals surface area contributed by atoms with Crippen molar-refractivity contribution in [1.29, 1.82) is 10.7 Å². The van der Waals surface area contributed by atoms with Crippen LogP contribution in [0.4, 0.5) is 5.69 Å². The number of thiol groups is 1. The predicted molar refractivity (Wildman–Crippen MR) is 53.6 cm³/mol. The highest BCUT2D eigenvalue weighted by atomic mass is 32.1. The number of rotatable bonds is 2. The van der Waals surface area contributed by atoms with E-state index in [-0.39, 0.29) is 16.3 Å².